The molecular weight excluding hydrogens is 138 g/mol. The van der Waals surface area contributed by atoms with E-state index < -0.39 is 0 Å². The van der Waals surface area contributed by atoms with Gasteiger partial charge in [-0.2, -0.15) is 0 Å². The Balaban J connectivity index is 3.51. The molecule has 0 aliphatic rings. The first-order valence-electron chi connectivity index (χ1n) is 4.31. The molecule has 0 aromatic heterocycles. The predicted octanol–water partition coefficient (Wildman–Crippen LogP) is 1.93. The molecule has 2 N–H and O–H groups in total. The molecular formula is C9H21NO. The van der Waals surface area contributed by atoms with Crippen LogP contribution in [0.5, 0.6) is 0 Å². The van der Waals surface area contributed by atoms with Gasteiger partial charge in [0.05, 0.1) is 6.10 Å². The highest BCUT2D eigenvalue weighted by molar-refractivity contribution is 4.73. The van der Waals surface area contributed by atoms with E-state index in [1.807, 2.05) is 0 Å². The quantitative estimate of drug-likeness (QED) is 0.665. The Morgan fingerprint density at radius 1 is 1.45 bits per heavy atom. The second-order valence-electron chi connectivity index (χ2n) is 3.79. The maximum atomic E-state index is 5.84. The highest BCUT2D eigenvalue weighted by atomic mass is 16.5. The van der Waals surface area contributed by atoms with Gasteiger partial charge in [-0.1, -0.05) is 6.92 Å². The van der Waals surface area contributed by atoms with E-state index in [1.165, 1.54) is 0 Å². The molecule has 0 heterocycles. The van der Waals surface area contributed by atoms with Gasteiger partial charge in [0.2, 0.25) is 0 Å². The van der Waals surface area contributed by atoms with Gasteiger partial charge in [-0.3, -0.25) is 0 Å². The summed E-state index contributed by atoms with van der Waals surface area (Å²) in [5, 5.41) is 0. The van der Waals surface area contributed by atoms with E-state index in [1.54, 1.807) is 7.11 Å². The summed E-state index contributed by atoms with van der Waals surface area (Å²) >= 11 is 0. The number of hydrogen-bond donors (Lipinski definition) is 1. The van der Waals surface area contributed by atoms with Gasteiger partial charge in [0.1, 0.15) is 0 Å². The Labute approximate surface area is 70.1 Å². The molecule has 1 unspecified atom stereocenters. The van der Waals surface area contributed by atoms with Crippen molar-refractivity contribution in [2.75, 3.05) is 7.11 Å². The van der Waals surface area contributed by atoms with E-state index >= 15 is 0 Å². The van der Waals surface area contributed by atoms with Gasteiger partial charge in [-0.05, 0) is 33.1 Å². The molecule has 1 atom stereocenters. The fraction of sp³-hybridized carbons (Fsp3) is 1.00. The molecule has 0 amide bonds. The van der Waals surface area contributed by atoms with Crippen LogP contribution in [0, 0.1) is 0 Å². The molecule has 0 aromatic rings. The third-order valence-corrected chi connectivity index (χ3v) is 1.90. The molecule has 68 valence electrons. The van der Waals surface area contributed by atoms with Crippen molar-refractivity contribution in [3.63, 3.8) is 0 Å². The second-order valence-corrected chi connectivity index (χ2v) is 3.79. The maximum Gasteiger partial charge on any atom is 0.0569 e. The Morgan fingerprint density at radius 2 is 2.00 bits per heavy atom. The van der Waals surface area contributed by atoms with Crippen LogP contribution in [0.25, 0.3) is 0 Å². The van der Waals surface area contributed by atoms with Gasteiger partial charge in [0, 0.05) is 12.6 Å². The molecule has 0 rings (SSSR count). The van der Waals surface area contributed by atoms with Crippen molar-refractivity contribution in [2.24, 2.45) is 5.73 Å². The van der Waals surface area contributed by atoms with E-state index in [9.17, 15) is 0 Å². The first-order valence-corrected chi connectivity index (χ1v) is 4.31. The van der Waals surface area contributed by atoms with Crippen molar-refractivity contribution in [3.8, 4) is 0 Å². The fourth-order valence-corrected chi connectivity index (χ4v) is 1.02. The van der Waals surface area contributed by atoms with Gasteiger partial charge in [0.25, 0.3) is 0 Å². The molecule has 2 heteroatoms. The first kappa shape index (κ1) is 10.9. The summed E-state index contributed by atoms with van der Waals surface area (Å²) in [6.07, 6.45) is 3.56. The molecule has 0 aromatic carbocycles. The van der Waals surface area contributed by atoms with Crippen LogP contribution in [0.3, 0.4) is 0 Å². The van der Waals surface area contributed by atoms with Crippen LogP contribution in [-0.2, 0) is 4.74 Å². The maximum absolute atomic E-state index is 5.84. The molecule has 0 aliphatic heterocycles. The highest BCUT2D eigenvalue weighted by Crippen LogP contribution is 2.12. The van der Waals surface area contributed by atoms with Crippen LogP contribution < -0.4 is 5.73 Å². The van der Waals surface area contributed by atoms with Crippen LogP contribution in [0.2, 0.25) is 0 Å². The molecule has 2 nitrogen and oxygen atoms in total. The third-order valence-electron chi connectivity index (χ3n) is 1.90. The zero-order valence-electron chi connectivity index (χ0n) is 8.18. The third kappa shape index (κ3) is 6.32. The van der Waals surface area contributed by atoms with Crippen LogP contribution in [0.1, 0.15) is 40.0 Å². The van der Waals surface area contributed by atoms with Crippen molar-refractivity contribution in [2.45, 2.75) is 51.7 Å². The van der Waals surface area contributed by atoms with E-state index in [0.717, 1.165) is 19.3 Å². The number of methoxy groups -OCH3 is 1. The van der Waals surface area contributed by atoms with Gasteiger partial charge in [-0.25, -0.2) is 0 Å². The predicted molar refractivity (Wildman–Crippen MR) is 48.6 cm³/mol. The van der Waals surface area contributed by atoms with Crippen LogP contribution in [0.15, 0.2) is 0 Å². The minimum Gasteiger partial charge on any atom is -0.381 e. The zero-order chi connectivity index (χ0) is 8.91. The van der Waals surface area contributed by atoms with Crippen LogP contribution in [-0.4, -0.2) is 18.8 Å². The average molecular weight is 159 g/mol. The highest BCUT2D eigenvalue weighted by Gasteiger charge is 2.13. The Hall–Kier alpha value is -0.0800. The summed E-state index contributed by atoms with van der Waals surface area (Å²) in [5.41, 5.74) is 5.79. The summed E-state index contributed by atoms with van der Waals surface area (Å²) in [6.45, 7) is 6.24. The lowest BCUT2D eigenvalue weighted by Crippen LogP contribution is -2.33. The molecule has 0 radical (unpaired) electrons. The van der Waals surface area contributed by atoms with Gasteiger partial charge in [0.15, 0.2) is 0 Å². The SMILES string of the molecule is CCC(CCC(C)(C)N)OC. The molecule has 0 fully saturated rings. The van der Waals surface area contributed by atoms with E-state index in [2.05, 4.69) is 20.8 Å². The molecule has 0 saturated carbocycles. The van der Waals surface area contributed by atoms with Crippen molar-refractivity contribution in [3.05, 3.63) is 0 Å². The summed E-state index contributed by atoms with van der Waals surface area (Å²) in [7, 11) is 1.76. The van der Waals surface area contributed by atoms with Crippen molar-refractivity contribution < 1.29 is 4.74 Å². The smallest absolute Gasteiger partial charge is 0.0569 e. The van der Waals surface area contributed by atoms with Crippen molar-refractivity contribution in [1.82, 2.24) is 0 Å². The van der Waals surface area contributed by atoms with Crippen molar-refractivity contribution >= 4 is 0 Å². The molecule has 11 heavy (non-hydrogen) atoms. The average Bonchev–Trinajstić information content (AvgIpc) is 1.88. The van der Waals surface area contributed by atoms with E-state index in [-0.39, 0.29) is 5.54 Å². The minimum atomic E-state index is -0.0497. The number of rotatable bonds is 5. The Bertz CT molecular complexity index is 92.2. The molecule has 0 spiro atoms. The van der Waals surface area contributed by atoms with Gasteiger partial charge >= 0.3 is 0 Å². The summed E-state index contributed by atoms with van der Waals surface area (Å²) in [6, 6.07) is 0. The fourth-order valence-electron chi connectivity index (χ4n) is 1.02. The number of ether oxygens (including phenoxy) is 1. The van der Waals surface area contributed by atoms with Crippen LogP contribution >= 0.6 is 0 Å². The van der Waals surface area contributed by atoms with E-state index in [4.69, 9.17) is 10.5 Å². The lowest BCUT2D eigenvalue weighted by atomic mass is 9.97. The van der Waals surface area contributed by atoms with Crippen molar-refractivity contribution in [1.29, 1.82) is 0 Å². The Kier molecular flexibility index (Phi) is 4.69. The summed E-state index contributed by atoms with van der Waals surface area (Å²) in [5.74, 6) is 0. The molecule has 0 bridgehead atoms. The zero-order valence-corrected chi connectivity index (χ0v) is 8.18. The lowest BCUT2D eigenvalue weighted by Gasteiger charge is -2.21. The standard InChI is InChI=1S/C9H21NO/c1-5-8(11-4)6-7-9(2,3)10/h8H,5-7,10H2,1-4H3. The normalized spacial score (nSPS) is 15.0. The monoisotopic (exact) mass is 159 g/mol. The van der Waals surface area contributed by atoms with E-state index in [0.29, 0.717) is 6.10 Å². The van der Waals surface area contributed by atoms with Crippen LogP contribution in [0.4, 0.5) is 0 Å². The first-order chi connectivity index (χ1) is 4.99. The minimum absolute atomic E-state index is 0.0497. The van der Waals surface area contributed by atoms with Gasteiger partial charge < -0.3 is 10.5 Å². The van der Waals surface area contributed by atoms with Gasteiger partial charge in [-0.15, -0.1) is 0 Å². The topological polar surface area (TPSA) is 35.2 Å². The molecule has 0 aliphatic carbocycles. The number of hydrogen-bond acceptors (Lipinski definition) is 2. The Morgan fingerprint density at radius 3 is 2.27 bits per heavy atom. The lowest BCUT2D eigenvalue weighted by molar-refractivity contribution is 0.0856. The number of nitrogens with two attached hydrogens (primary N) is 1. The summed E-state index contributed by atoms with van der Waals surface area (Å²) < 4.78 is 5.24. The largest absolute Gasteiger partial charge is 0.381 e. The molecule has 0 saturated heterocycles. The summed E-state index contributed by atoms with van der Waals surface area (Å²) in [4.78, 5) is 0. The second kappa shape index (κ2) is 4.73.